The molecule has 0 aliphatic heterocycles. The van der Waals surface area contributed by atoms with Crippen LogP contribution in [0.15, 0.2) is 35.2 Å². The van der Waals surface area contributed by atoms with E-state index in [0.29, 0.717) is 0 Å². The summed E-state index contributed by atoms with van der Waals surface area (Å²) in [7, 11) is -3.72. The maximum absolute atomic E-state index is 10.9. The van der Waals surface area contributed by atoms with Crippen molar-refractivity contribution in [2.75, 3.05) is 0 Å². The minimum absolute atomic E-state index is 0. The molecule has 0 saturated heterocycles. The molecule has 0 unspecified atom stereocenters. The Morgan fingerprint density at radius 1 is 1.17 bits per heavy atom. The van der Waals surface area contributed by atoms with Gasteiger partial charge < -0.3 is 0 Å². The summed E-state index contributed by atoms with van der Waals surface area (Å²) in [6, 6.07) is 7.69. The Balaban J connectivity index is 0.00000121. The first-order valence-electron chi connectivity index (χ1n) is 2.85. The number of hydrogen-bond acceptors (Lipinski definition) is 4. The van der Waals surface area contributed by atoms with E-state index < -0.39 is 10.1 Å². The Kier molecular flexibility index (Phi) is 4.56. The maximum Gasteiger partial charge on any atom is 0.312 e. The van der Waals surface area contributed by atoms with Gasteiger partial charge in [-0.05, 0) is 12.1 Å². The molecule has 0 heterocycles. The van der Waals surface area contributed by atoms with Crippen LogP contribution in [0.1, 0.15) is 0 Å². The van der Waals surface area contributed by atoms with Crippen molar-refractivity contribution < 1.29 is 32.2 Å². The molecule has 0 aromatic heterocycles. The number of rotatable bonds is 2. The molecular formula is C6H7NO3SZn. The number of hydrogen-bond donors (Lipinski definition) is 1. The van der Waals surface area contributed by atoms with Gasteiger partial charge in [-0.15, -0.1) is 0 Å². The van der Waals surface area contributed by atoms with Gasteiger partial charge in [-0.2, -0.15) is 18.6 Å². The molecule has 0 spiro atoms. The molecule has 1 rings (SSSR count). The first-order valence-corrected chi connectivity index (χ1v) is 4.26. The van der Waals surface area contributed by atoms with Crippen LogP contribution in [0.2, 0.25) is 0 Å². The summed E-state index contributed by atoms with van der Waals surface area (Å²) >= 11 is 0. The zero-order chi connectivity index (χ0) is 8.32. The molecule has 4 nitrogen and oxygen atoms in total. The van der Waals surface area contributed by atoms with Gasteiger partial charge in [0, 0.05) is 19.5 Å². The molecule has 0 radical (unpaired) electrons. The van der Waals surface area contributed by atoms with E-state index in [9.17, 15) is 8.42 Å². The van der Waals surface area contributed by atoms with Crippen LogP contribution in [-0.2, 0) is 33.9 Å². The molecule has 0 aliphatic rings. The van der Waals surface area contributed by atoms with E-state index in [4.69, 9.17) is 0 Å². The SMILES string of the molecule is NOS(=O)(=O)c1ccccc1.[Zn]. The summed E-state index contributed by atoms with van der Waals surface area (Å²) in [6.07, 6.45) is 0. The molecule has 0 amide bonds. The van der Waals surface area contributed by atoms with E-state index >= 15 is 0 Å². The Morgan fingerprint density at radius 3 is 2.08 bits per heavy atom. The quantitative estimate of drug-likeness (QED) is 0.593. The van der Waals surface area contributed by atoms with Gasteiger partial charge in [0.15, 0.2) is 0 Å². The Morgan fingerprint density at radius 2 is 1.67 bits per heavy atom. The molecule has 0 saturated carbocycles. The van der Waals surface area contributed by atoms with Gasteiger partial charge >= 0.3 is 10.1 Å². The molecule has 6 heteroatoms. The van der Waals surface area contributed by atoms with Gasteiger partial charge in [-0.25, -0.2) is 0 Å². The summed E-state index contributed by atoms with van der Waals surface area (Å²) in [6.45, 7) is 0. The molecule has 0 aliphatic carbocycles. The van der Waals surface area contributed by atoms with E-state index in [2.05, 4.69) is 10.2 Å². The van der Waals surface area contributed by atoms with Crippen LogP contribution < -0.4 is 5.90 Å². The minimum Gasteiger partial charge on any atom is -0.197 e. The number of benzene rings is 1. The largest absolute Gasteiger partial charge is 0.312 e. The summed E-state index contributed by atoms with van der Waals surface area (Å²) in [5, 5.41) is 0. The molecule has 62 valence electrons. The van der Waals surface area contributed by atoms with Crippen molar-refractivity contribution in [2.45, 2.75) is 4.90 Å². The first kappa shape index (κ1) is 11.7. The fraction of sp³-hybridized carbons (Fsp3) is 0. The second-order valence-corrected chi connectivity index (χ2v) is 3.44. The van der Waals surface area contributed by atoms with E-state index in [1.54, 1.807) is 18.2 Å². The summed E-state index contributed by atoms with van der Waals surface area (Å²) in [5.74, 6) is 4.55. The molecular weight excluding hydrogens is 232 g/mol. The van der Waals surface area contributed by atoms with Crippen LogP contribution in [0, 0.1) is 0 Å². The molecule has 0 atom stereocenters. The number of nitrogens with two attached hydrogens (primary N) is 1. The van der Waals surface area contributed by atoms with Crippen molar-refractivity contribution in [1.29, 1.82) is 0 Å². The van der Waals surface area contributed by atoms with Crippen LogP contribution >= 0.6 is 0 Å². The van der Waals surface area contributed by atoms with Crippen molar-refractivity contribution in [3.05, 3.63) is 30.3 Å². The normalized spacial score (nSPS) is 10.4. The molecule has 1 aromatic rings. The fourth-order valence-electron chi connectivity index (χ4n) is 0.643. The Hall–Kier alpha value is -0.287. The predicted molar refractivity (Wildman–Crippen MR) is 38.9 cm³/mol. The molecule has 12 heavy (non-hydrogen) atoms. The van der Waals surface area contributed by atoms with Crippen molar-refractivity contribution >= 4 is 10.1 Å². The van der Waals surface area contributed by atoms with Crippen LogP contribution in [0.4, 0.5) is 0 Å². The molecule has 0 fully saturated rings. The predicted octanol–water partition coefficient (Wildman–Crippen LogP) is 0.263. The minimum atomic E-state index is -3.72. The van der Waals surface area contributed by atoms with Crippen LogP contribution in [0.3, 0.4) is 0 Å². The van der Waals surface area contributed by atoms with Gasteiger partial charge in [0.2, 0.25) is 0 Å². The third-order valence-electron chi connectivity index (χ3n) is 1.16. The van der Waals surface area contributed by atoms with Gasteiger partial charge in [-0.1, -0.05) is 18.2 Å². The van der Waals surface area contributed by atoms with Gasteiger partial charge in [0.05, 0.1) is 4.90 Å². The summed E-state index contributed by atoms with van der Waals surface area (Å²) < 4.78 is 25.5. The van der Waals surface area contributed by atoms with Crippen LogP contribution in [0.25, 0.3) is 0 Å². The molecule has 1 aromatic carbocycles. The van der Waals surface area contributed by atoms with Gasteiger partial charge in [0.1, 0.15) is 0 Å². The third kappa shape index (κ3) is 2.64. The summed E-state index contributed by atoms with van der Waals surface area (Å²) in [4.78, 5) is 0.0579. The Labute approximate surface area is 83.6 Å². The standard InChI is InChI=1S/C6H7NO3S.Zn/c7-10-11(8,9)6-4-2-1-3-5-6;/h1-5H,7H2;. The van der Waals surface area contributed by atoms with E-state index in [-0.39, 0.29) is 24.4 Å². The molecule has 2 N–H and O–H groups in total. The zero-order valence-corrected chi connectivity index (χ0v) is 10.1. The third-order valence-corrected chi connectivity index (χ3v) is 2.26. The average molecular weight is 239 g/mol. The van der Waals surface area contributed by atoms with Crippen molar-refractivity contribution in [2.24, 2.45) is 5.90 Å². The van der Waals surface area contributed by atoms with Gasteiger partial charge in [-0.3, -0.25) is 0 Å². The van der Waals surface area contributed by atoms with Crippen LogP contribution in [-0.4, -0.2) is 8.42 Å². The van der Waals surface area contributed by atoms with E-state index in [1.807, 2.05) is 0 Å². The first-order chi connectivity index (χ1) is 5.17. The second-order valence-electron chi connectivity index (χ2n) is 1.86. The summed E-state index contributed by atoms with van der Waals surface area (Å²) in [5.41, 5.74) is 0. The van der Waals surface area contributed by atoms with Crippen molar-refractivity contribution in [3.63, 3.8) is 0 Å². The van der Waals surface area contributed by atoms with Crippen LogP contribution in [0.5, 0.6) is 0 Å². The second kappa shape index (κ2) is 4.67. The maximum atomic E-state index is 10.9. The van der Waals surface area contributed by atoms with E-state index in [1.165, 1.54) is 12.1 Å². The topological polar surface area (TPSA) is 69.4 Å². The monoisotopic (exact) mass is 237 g/mol. The average Bonchev–Trinajstić information content (AvgIpc) is 2.06. The Bertz CT molecular complexity index is 324. The molecule has 0 bridgehead atoms. The van der Waals surface area contributed by atoms with Gasteiger partial charge in [0.25, 0.3) is 0 Å². The smallest absolute Gasteiger partial charge is 0.197 e. The van der Waals surface area contributed by atoms with E-state index in [0.717, 1.165) is 0 Å². The van der Waals surface area contributed by atoms with Crippen molar-refractivity contribution in [3.8, 4) is 0 Å². The fourth-order valence-corrected chi connectivity index (χ4v) is 1.24. The zero-order valence-electron chi connectivity index (χ0n) is 6.30. The van der Waals surface area contributed by atoms with Crippen molar-refractivity contribution in [1.82, 2.24) is 0 Å².